The number of nitrogens with one attached hydrogen (secondary N) is 1. The molecule has 1 aromatic rings. The largest absolute Gasteiger partial charge is 0.384 e. The number of nitrogen functional groups attached to an aromatic ring is 1. The SMILES string of the molecule is COCC1CCN(S(=O)(=O)c2cnc(NN)c(Cl)c2)CC1. The van der Waals surface area contributed by atoms with Crippen LogP contribution in [0.15, 0.2) is 17.2 Å². The smallest absolute Gasteiger partial charge is 0.244 e. The van der Waals surface area contributed by atoms with Gasteiger partial charge in [0, 0.05) is 33.0 Å². The maximum absolute atomic E-state index is 12.5. The highest BCUT2D eigenvalue weighted by Crippen LogP contribution is 2.27. The maximum atomic E-state index is 12.5. The quantitative estimate of drug-likeness (QED) is 0.617. The average molecular weight is 335 g/mol. The molecule has 3 N–H and O–H groups in total. The lowest BCUT2D eigenvalue weighted by Crippen LogP contribution is -2.39. The summed E-state index contributed by atoms with van der Waals surface area (Å²) in [4.78, 5) is 3.99. The first kappa shape index (κ1) is 16.4. The highest BCUT2D eigenvalue weighted by Gasteiger charge is 2.30. The monoisotopic (exact) mass is 334 g/mol. The minimum atomic E-state index is -3.57. The zero-order chi connectivity index (χ0) is 15.5. The molecule has 2 heterocycles. The van der Waals surface area contributed by atoms with E-state index >= 15 is 0 Å². The summed E-state index contributed by atoms with van der Waals surface area (Å²) in [5.74, 6) is 5.88. The van der Waals surface area contributed by atoms with Gasteiger partial charge in [0.25, 0.3) is 0 Å². The van der Waals surface area contributed by atoms with Crippen LogP contribution in [0.1, 0.15) is 12.8 Å². The van der Waals surface area contributed by atoms with Crippen LogP contribution >= 0.6 is 11.6 Å². The number of ether oxygens (including phenoxy) is 1. The van der Waals surface area contributed by atoms with Crippen molar-refractivity contribution in [2.24, 2.45) is 11.8 Å². The molecule has 0 aliphatic carbocycles. The molecule has 1 fully saturated rings. The molecule has 0 amide bonds. The molecule has 118 valence electrons. The van der Waals surface area contributed by atoms with E-state index in [2.05, 4.69) is 10.4 Å². The Morgan fingerprint density at radius 2 is 2.19 bits per heavy atom. The minimum Gasteiger partial charge on any atom is -0.384 e. The molecule has 0 spiro atoms. The van der Waals surface area contributed by atoms with Crippen LogP contribution in [0.25, 0.3) is 0 Å². The fourth-order valence-electron chi connectivity index (χ4n) is 2.37. The third kappa shape index (κ3) is 3.64. The molecule has 0 atom stereocenters. The van der Waals surface area contributed by atoms with Crippen LogP contribution in [-0.4, -0.2) is 44.5 Å². The number of rotatable bonds is 5. The van der Waals surface area contributed by atoms with Crippen LogP contribution in [-0.2, 0) is 14.8 Å². The minimum absolute atomic E-state index is 0.0803. The predicted molar refractivity (Wildman–Crippen MR) is 80.4 cm³/mol. The third-order valence-corrected chi connectivity index (χ3v) is 5.72. The number of sulfonamides is 1. The van der Waals surface area contributed by atoms with Crippen molar-refractivity contribution in [1.82, 2.24) is 9.29 Å². The number of aromatic nitrogens is 1. The Morgan fingerprint density at radius 1 is 1.52 bits per heavy atom. The van der Waals surface area contributed by atoms with Gasteiger partial charge in [-0.2, -0.15) is 4.31 Å². The van der Waals surface area contributed by atoms with Gasteiger partial charge in [0.1, 0.15) is 4.90 Å². The van der Waals surface area contributed by atoms with Crippen molar-refractivity contribution < 1.29 is 13.2 Å². The first-order valence-corrected chi connectivity index (χ1v) is 8.42. The van der Waals surface area contributed by atoms with Gasteiger partial charge in [0.15, 0.2) is 5.82 Å². The van der Waals surface area contributed by atoms with Crippen molar-refractivity contribution in [2.45, 2.75) is 17.7 Å². The fraction of sp³-hybridized carbons (Fsp3) is 0.583. The summed E-state index contributed by atoms with van der Waals surface area (Å²) in [6.07, 6.45) is 2.84. The van der Waals surface area contributed by atoms with Crippen molar-refractivity contribution in [3.8, 4) is 0 Å². The van der Waals surface area contributed by atoms with Gasteiger partial charge < -0.3 is 10.2 Å². The van der Waals surface area contributed by atoms with Gasteiger partial charge in [0.2, 0.25) is 10.0 Å². The van der Waals surface area contributed by atoms with Crippen LogP contribution in [0.4, 0.5) is 5.82 Å². The maximum Gasteiger partial charge on any atom is 0.244 e. The van der Waals surface area contributed by atoms with E-state index in [4.69, 9.17) is 22.2 Å². The van der Waals surface area contributed by atoms with Crippen LogP contribution in [0.3, 0.4) is 0 Å². The van der Waals surface area contributed by atoms with E-state index in [0.717, 1.165) is 12.8 Å². The number of anilines is 1. The van der Waals surface area contributed by atoms with Gasteiger partial charge in [-0.25, -0.2) is 19.2 Å². The number of methoxy groups -OCH3 is 1. The summed E-state index contributed by atoms with van der Waals surface area (Å²) < 4.78 is 31.7. The summed E-state index contributed by atoms with van der Waals surface area (Å²) in [5, 5.41) is 0.174. The molecule has 0 aromatic carbocycles. The van der Waals surface area contributed by atoms with E-state index in [-0.39, 0.29) is 15.7 Å². The molecule has 21 heavy (non-hydrogen) atoms. The van der Waals surface area contributed by atoms with Gasteiger partial charge in [-0.15, -0.1) is 0 Å². The molecule has 0 bridgehead atoms. The van der Waals surface area contributed by atoms with Gasteiger partial charge >= 0.3 is 0 Å². The van der Waals surface area contributed by atoms with Crippen molar-refractivity contribution in [1.29, 1.82) is 0 Å². The third-order valence-electron chi connectivity index (χ3n) is 3.57. The molecule has 1 aromatic heterocycles. The van der Waals surface area contributed by atoms with Crippen molar-refractivity contribution in [3.63, 3.8) is 0 Å². The Morgan fingerprint density at radius 3 is 2.71 bits per heavy atom. The Labute approximate surface area is 129 Å². The van der Waals surface area contributed by atoms with E-state index in [0.29, 0.717) is 25.6 Å². The first-order chi connectivity index (χ1) is 9.98. The number of hydrogen-bond acceptors (Lipinski definition) is 6. The molecule has 7 nitrogen and oxygen atoms in total. The van der Waals surface area contributed by atoms with Gasteiger partial charge in [-0.1, -0.05) is 11.6 Å². The number of piperidine rings is 1. The highest BCUT2D eigenvalue weighted by molar-refractivity contribution is 7.89. The topological polar surface area (TPSA) is 97.5 Å². The number of pyridine rings is 1. The lowest BCUT2D eigenvalue weighted by atomic mass is 9.99. The molecule has 2 rings (SSSR count). The number of nitrogens with two attached hydrogens (primary N) is 1. The second-order valence-electron chi connectivity index (χ2n) is 4.95. The second kappa shape index (κ2) is 6.89. The zero-order valence-corrected chi connectivity index (χ0v) is 13.3. The van der Waals surface area contributed by atoms with Crippen molar-refractivity contribution >= 4 is 27.4 Å². The molecule has 0 saturated carbocycles. The van der Waals surface area contributed by atoms with Crippen LogP contribution in [0.5, 0.6) is 0 Å². The van der Waals surface area contributed by atoms with E-state index in [1.165, 1.54) is 16.6 Å². The number of hydrogen-bond donors (Lipinski definition) is 2. The number of halogens is 1. The van der Waals surface area contributed by atoms with E-state index < -0.39 is 10.0 Å². The van der Waals surface area contributed by atoms with Crippen molar-refractivity contribution in [2.75, 3.05) is 32.2 Å². The molecular weight excluding hydrogens is 316 g/mol. The fourth-order valence-corrected chi connectivity index (χ4v) is 4.10. The second-order valence-corrected chi connectivity index (χ2v) is 7.29. The Balaban J connectivity index is 2.14. The molecule has 1 aliphatic heterocycles. The average Bonchev–Trinajstić information content (AvgIpc) is 2.48. The summed E-state index contributed by atoms with van der Waals surface area (Å²) in [7, 11) is -1.91. The number of nitrogens with zero attached hydrogens (tertiary/aromatic N) is 2. The summed E-state index contributed by atoms with van der Waals surface area (Å²) >= 11 is 5.93. The normalized spacial score (nSPS) is 17.9. The molecule has 0 radical (unpaired) electrons. The Hall–Kier alpha value is -0.930. The standard InChI is InChI=1S/C12H19ClN4O3S/c1-20-8-9-2-4-17(5-3-9)21(18,19)10-6-11(13)12(16-14)15-7-10/h6-7,9H,2-5,8,14H2,1H3,(H,15,16). The van der Waals surface area contributed by atoms with Crippen LogP contribution in [0.2, 0.25) is 5.02 Å². The molecule has 1 saturated heterocycles. The Bertz CT molecular complexity index is 588. The first-order valence-electron chi connectivity index (χ1n) is 6.60. The summed E-state index contributed by atoms with van der Waals surface area (Å²) in [5.41, 5.74) is 2.31. The molecule has 1 aliphatic rings. The van der Waals surface area contributed by atoms with Crippen molar-refractivity contribution in [3.05, 3.63) is 17.3 Å². The predicted octanol–water partition coefficient (Wildman–Crippen LogP) is 1.07. The van der Waals surface area contributed by atoms with E-state index in [1.807, 2.05) is 0 Å². The van der Waals surface area contributed by atoms with E-state index in [9.17, 15) is 8.42 Å². The highest BCUT2D eigenvalue weighted by atomic mass is 35.5. The summed E-state index contributed by atoms with van der Waals surface area (Å²) in [6, 6.07) is 1.36. The molecule has 9 heteroatoms. The zero-order valence-electron chi connectivity index (χ0n) is 11.8. The lowest BCUT2D eigenvalue weighted by molar-refractivity contribution is 0.121. The lowest BCUT2D eigenvalue weighted by Gasteiger charge is -2.30. The van der Waals surface area contributed by atoms with E-state index in [1.54, 1.807) is 7.11 Å². The molecule has 0 unspecified atom stereocenters. The summed E-state index contributed by atoms with van der Waals surface area (Å²) in [6.45, 7) is 1.62. The van der Waals surface area contributed by atoms with Gasteiger partial charge in [-0.05, 0) is 24.8 Å². The van der Waals surface area contributed by atoms with Crippen LogP contribution < -0.4 is 11.3 Å². The number of hydrazine groups is 1. The van der Waals surface area contributed by atoms with Gasteiger partial charge in [-0.3, -0.25) is 0 Å². The Kier molecular flexibility index (Phi) is 5.39. The van der Waals surface area contributed by atoms with Crippen LogP contribution in [0, 0.1) is 5.92 Å². The molecular formula is C12H19ClN4O3S. The van der Waals surface area contributed by atoms with Gasteiger partial charge in [0.05, 0.1) is 5.02 Å².